The molecule has 0 aromatic carbocycles. The number of hydrogen-bond acceptors (Lipinski definition) is 15. The first kappa shape index (κ1) is 43.4. The normalized spacial score (nSPS) is 35.2. The van der Waals surface area contributed by atoms with E-state index in [0.29, 0.717) is 26.1 Å². The van der Waals surface area contributed by atoms with Gasteiger partial charge in [-0.3, -0.25) is 14.4 Å². The third-order valence-corrected chi connectivity index (χ3v) is 9.98. The fraction of sp³-hybridized carbons (Fsp3) is 0.914. The van der Waals surface area contributed by atoms with Crippen molar-refractivity contribution in [3.8, 4) is 0 Å². The van der Waals surface area contributed by atoms with E-state index in [9.17, 15) is 29.7 Å². The number of amides is 1. The van der Waals surface area contributed by atoms with Crippen molar-refractivity contribution in [2.45, 2.75) is 152 Å². The Kier molecular flexibility index (Phi) is 17.4. The molecule has 0 aromatic rings. The fourth-order valence-corrected chi connectivity index (χ4v) is 7.25. The van der Waals surface area contributed by atoms with Gasteiger partial charge in [-0.25, -0.2) is 0 Å². The summed E-state index contributed by atoms with van der Waals surface area (Å²) in [5, 5.41) is 39.2. The van der Waals surface area contributed by atoms with Gasteiger partial charge in [-0.1, -0.05) is 40.0 Å². The van der Waals surface area contributed by atoms with Crippen LogP contribution in [0.3, 0.4) is 0 Å². The number of unbranched alkanes of at least 4 members (excludes halogenated alkanes) is 3. The van der Waals surface area contributed by atoms with Crippen molar-refractivity contribution in [1.29, 1.82) is 0 Å². The van der Waals surface area contributed by atoms with Crippen LogP contribution in [0.25, 0.3) is 0 Å². The molecule has 6 N–H and O–H groups in total. The van der Waals surface area contributed by atoms with Crippen LogP contribution in [0.15, 0.2) is 0 Å². The van der Waals surface area contributed by atoms with Crippen LogP contribution in [0.4, 0.5) is 0 Å². The smallest absolute Gasteiger partial charge is 0.303 e. The van der Waals surface area contributed by atoms with Crippen LogP contribution in [-0.4, -0.2) is 146 Å². The molecule has 0 aromatic heterocycles. The monoisotopic (exact) mass is 734 g/mol. The Morgan fingerprint density at radius 3 is 2.24 bits per heavy atom. The van der Waals surface area contributed by atoms with Crippen LogP contribution in [0, 0.1) is 5.92 Å². The Morgan fingerprint density at radius 2 is 1.65 bits per heavy atom. The number of nitrogens with two attached hydrogens (primary N) is 1. The van der Waals surface area contributed by atoms with E-state index in [-0.39, 0.29) is 26.2 Å². The molecule has 0 saturated carbocycles. The van der Waals surface area contributed by atoms with E-state index >= 15 is 0 Å². The maximum absolute atomic E-state index is 14.3. The average Bonchev–Trinajstić information content (AvgIpc) is 3.09. The summed E-state index contributed by atoms with van der Waals surface area (Å²) in [5.74, 6) is -3.30. The number of rotatable bonds is 20. The summed E-state index contributed by atoms with van der Waals surface area (Å²) < 4.78 is 48.1. The van der Waals surface area contributed by atoms with E-state index in [1.54, 1.807) is 0 Å². The number of ether oxygens (including phenoxy) is 8. The highest BCUT2D eigenvalue weighted by atomic mass is 16.7. The SMILES string of the molecule is CCCCOCC1O[C@@H](OC)C(OCCCC)[C@@H](C2(O)CCNC(=O)[C@]23C[C@@H](O)[C@@H](N)C([C@H](O)[C@@H](COC(C)=O)OC(C)=O)O3)[C@H]1OCCCC. The second-order valence-electron chi connectivity index (χ2n) is 13.7. The Balaban J connectivity index is 2.19. The molecule has 0 radical (unpaired) electrons. The van der Waals surface area contributed by atoms with Crippen LogP contribution >= 0.6 is 0 Å². The van der Waals surface area contributed by atoms with Gasteiger partial charge in [-0.2, -0.15) is 0 Å². The molecule has 0 bridgehead atoms. The average molecular weight is 735 g/mol. The van der Waals surface area contributed by atoms with Gasteiger partial charge in [0.25, 0.3) is 5.91 Å². The number of piperidine rings is 1. The first-order valence-corrected chi connectivity index (χ1v) is 18.4. The molecule has 0 aliphatic carbocycles. The zero-order valence-corrected chi connectivity index (χ0v) is 31.1. The minimum absolute atomic E-state index is 0.0361. The molecule has 3 saturated heterocycles. The fourth-order valence-electron chi connectivity index (χ4n) is 7.25. The number of esters is 2. The molecule has 3 aliphatic heterocycles. The van der Waals surface area contributed by atoms with E-state index in [1.807, 2.05) is 13.8 Å². The molecule has 296 valence electrons. The lowest BCUT2D eigenvalue weighted by Gasteiger charge is -2.61. The van der Waals surface area contributed by atoms with E-state index in [4.69, 9.17) is 43.6 Å². The quantitative estimate of drug-likeness (QED) is 0.0848. The van der Waals surface area contributed by atoms with Gasteiger partial charge in [0, 0.05) is 53.7 Å². The van der Waals surface area contributed by atoms with Crippen LogP contribution in [0.5, 0.6) is 0 Å². The predicted molar refractivity (Wildman–Crippen MR) is 181 cm³/mol. The number of methoxy groups -OCH3 is 1. The van der Waals surface area contributed by atoms with Gasteiger partial charge in [0.05, 0.1) is 30.8 Å². The van der Waals surface area contributed by atoms with E-state index < -0.39 is 103 Å². The maximum Gasteiger partial charge on any atom is 0.303 e. The summed E-state index contributed by atoms with van der Waals surface area (Å²) in [6, 6.07) is -1.31. The highest BCUT2D eigenvalue weighted by Gasteiger charge is 2.71. The minimum Gasteiger partial charge on any atom is -0.462 e. The number of aliphatic hydroxyl groups excluding tert-OH is 2. The molecule has 4 unspecified atom stereocenters. The third kappa shape index (κ3) is 10.4. The molecule has 12 atom stereocenters. The largest absolute Gasteiger partial charge is 0.462 e. The molecule has 1 amide bonds. The molecule has 3 heterocycles. The van der Waals surface area contributed by atoms with Crippen molar-refractivity contribution in [2.24, 2.45) is 11.7 Å². The molecule has 3 fully saturated rings. The Bertz CT molecular complexity index is 1100. The molecule has 3 rings (SSSR count). The van der Waals surface area contributed by atoms with Crippen molar-refractivity contribution in [3.05, 3.63) is 0 Å². The number of aliphatic hydroxyl groups is 3. The predicted octanol–water partition coefficient (Wildman–Crippen LogP) is 0.484. The van der Waals surface area contributed by atoms with E-state index in [1.165, 1.54) is 7.11 Å². The molecular weight excluding hydrogens is 672 g/mol. The standard InChI is InChI=1S/C35H62N2O14/c1-7-10-15-45-19-25-29(46-16-11-8-2)26(30(32(44-6)50-25)47-17-12-9-3)34(43)13-14-37-33(42)35(34)18-23(40)27(36)31(51-35)28(41)24(49-22(5)39)20-48-21(4)38/h23-32,40-41,43H,7-20,36H2,1-6H3,(H,37,42)/t23-,24-,25?,26+,27-,28-,29+,30?,31?,32-,34?,35-/m1/s1. The van der Waals surface area contributed by atoms with Crippen LogP contribution in [0.1, 0.15) is 86.0 Å². The van der Waals surface area contributed by atoms with E-state index in [2.05, 4.69) is 12.2 Å². The Labute approximate surface area is 301 Å². The number of hydrogen-bond donors (Lipinski definition) is 5. The van der Waals surface area contributed by atoms with Gasteiger partial charge in [0.15, 0.2) is 18.0 Å². The van der Waals surface area contributed by atoms with Crippen LogP contribution < -0.4 is 11.1 Å². The van der Waals surface area contributed by atoms with Crippen LogP contribution in [0.2, 0.25) is 0 Å². The Hall–Kier alpha value is -1.99. The van der Waals surface area contributed by atoms with Gasteiger partial charge in [-0.15, -0.1) is 0 Å². The second-order valence-corrected chi connectivity index (χ2v) is 13.7. The maximum atomic E-state index is 14.3. The van der Waals surface area contributed by atoms with Gasteiger partial charge in [-0.05, 0) is 25.7 Å². The number of carbonyl (C=O) groups excluding carboxylic acids is 3. The van der Waals surface area contributed by atoms with Crippen molar-refractivity contribution in [1.82, 2.24) is 5.32 Å². The summed E-state index contributed by atoms with van der Waals surface area (Å²) in [7, 11) is 1.46. The Morgan fingerprint density at radius 1 is 1.02 bits per heavy atom. The molecular formula is C35H62N2O14. The van der Waals surface area contributed by atoms with Crippen LogP contribution in [-0.2, 0) is 52.3 Å². The molecule has 1 spiro atoms. The summed E-state index contributed by atoms with van der Waals surface area (Å²) in [6.07, 6.45) is -5.79. The zero-order chi connectivity index (χ0) is 37.8. The van der Waals surface area contributed by atoms with Crippen molar-refractivity contribution in [3.63, 3.8) is 0 Å². The lowest BCUT2D eigenvalue weighted by Crippen LogP contribution is -2.81. The summed E-state index contributed by atoms with van der Waals surface area (Å²) in [4.78, 5) is 37.9. The minimum atomic E-state index is -2.24. The van der Waals surface area contributed by atoms with Crippen molar-refractivity contribution < 1.29 is 67.6 Å². The third-order valence-electron chi connectivity index (χ3n) is 9.98. The van der Waals surface area contributed by atoms with Gasteiger partial charge < -0.3 is 64.3 Å². The molecule has 16 nitrogen and oxygen atoms in total. The van der Waals surface area contributed by atoms with Gasteiger partial charge in [0.1, 0.15) is 36.6 Å². The lowest BCUT2D eigenvalue weighted by molar-refractivity contribution is -0.351. The first-order chi connectivity index (χ1) is 24.3. The van der Waals surface area contributed by atoms with Crippen molar-refractivity contribution >= 4 is 17.8 Å². The lowest BCUT2D eigenvalue weighted by atomic mass is 9.60. The summed E-state index contributed by atoms with van der Waals surface area (Å²) >= 11 is 0. The number of nitrogens with one attached hydrogen (secondary N) is 1. The second kappa shape index (κ2) is 20.5. The van der Waals surface area contributed by atoms with Gasteiger partial charge >= 0.3 is 11.9 Å². The molecule has 51 heavy (non-hydrogen) atoms. The highest BCUT2D eigenvalue weighted by molar-refractivity contribution is 5.88. The topological polar surface area (TPSA) is 224 Å². The molecule has 16 heteroatoms. The van der Waals surface area contributed by atoms with E-state index in [0.717, 1.165) is 39.5 Å². The zero-order valence-electron chi connectivity index (χ0n) is 31.1. The summed E-state index contributed by atoms with van der Waals surface area (Å²) in [6.45, 7) is 8.96. The molecule has 3 aliphatic rings. The highest BCUT2D eigenvalue weighted by Crippen LogP contribution is 2.51. The first-order valence-electron chi connectivity index (χ1n) is 18.4. The van der Waals surface area contributed by atoms with Gasteiger partial charge in [0.2, 0.25) is 0 Å². The summed E-state index contributed by atoms with van der Waals surface area (Å²) in [5.41, 5.74) is 2.03. The number of carbonyl (C=O) groups is 3. The van der Waals surface area contributed by atoms with Crippen molar-refractivity contribution in [2.75, 3.05) is 46.7 Å².